The van der Waals surface area contributed by atoms with E-state index >= 15 is 0 Å². The van der Waals surface area contributed by atoms with E-state index in [1.54, 1.807) is 7.05 Å². The fourth-order valence-corrected chi connectivity index (χ4v) is 2.61. The average Bonchev–Trinajstić information content (AvgIpc) is 2.92. The van der Waals surface area contributed by atoms with E-state index in [0.29, 0.717) is 28.1 Å². The molecule has 22 heavy (non-hydrogen) atoms. The van der Waals surface area contributed by atoms with Crippen LogP contribution in [0.1, 0.15) is 5.69 Å². The molecule has 0 fully saturated rings. The summed E-state index contributed by atoms with van der Waals surface area (Å²) in [4.78, 5) is 8.57. The van der Waals surface area contributed by atoms with Crippen molar-refractivity contribution in [1.29, 1.82) is 0 Å². The van der Waals surface area contributed by atoms with E-state index in [4.69, 9.17) is 17.9 Å². The van der Waals surface area contributed by atoms with Crippen molar-refractivity contribution in [3.8, 4) is 12.3 Å². The van der Waals surface area contributed by atoms with Gasteiger partial charge >= 0.3 is 0 Å². The molecule has 0 spiro atoms. The minimum atomic E-state index is -0.610. The number of para-hydroxylation sites is 1. The monoisotopic (exact) mass is 314 g/mol. The molecule has 0 saturated carbocycles. The van der Waals surface area contributed by atoms with E-state index in [1.807, 2.05) is 24.3 Å². The van der Waals surface area contributed by atoms with Crippen molar-refractivity contribution in [2.75, 3.05) is 18.1 Å². The summed E-state index contributed by atoms with van der Waals surface area (Å²) >= 11 is 1.43. The molecule has 1 aromatic heterocycles. The summed E-state index contributed by atoms with van der Waals surface area (Å²) in [7, 11) is 1.78. The van der Waals surface area contributed by atoms with Crippen molar-refractivity contribution in [2.24, 2.45) is 5.73 Å². The highest BCUT2D eigenvalue weighted by molar-refractivity contribution is 7.99. The highest BCUT2D eigenvalue weighted by Gasteiger charge is 2.14. The number of terminal acetylenes is 1. The van der Waals surface area contributed by atoms with Crippen LogP contribution in [0.25, 0.3) is 5.70 Å². The van der Waals surface area contributed by atoms with Crippen molar-refractivity contribution in [1.82, 2.24) is 15.3 Å². The van der Waals surface area contributed by atoms with Crippen LogP contribution in [0.15, 0.2) is 40.9 Å². The quantitative estimate of drug-likeness (QED) is 0.315. The van der Waals surface area contributed by atoms with Gasteiger partial charge in [-0.05, 0) is 23.9 Å². The van der Waals surface area contributed by atoms with Crippen LogP contribution in [0.3, 0.4) is 0 Å². The van der Waals surface area contributed by atoms with E-state index in [9.17, 15) is 0 Å². The van der Waals surface area contributed by atoms with Crippen LogP contribution in [0, 0.1) is 12.3 Å². The van der Waals surface area contributed by atoms with Crippen molar-refractivity contribution < 1.29 is 0 Å². The van der Waals surface area contributed by atoms with E-state index in [-0.39, 0.29) is 0 Å². The second kappa shape index (κ2) is 6.93. The minimum absolute atomic E-state index is 0.565. The van der Waals surface area contributed by atoms with Gasteiger partial charge in [-0.25, -0.2) is 4.98 Å². The van der Waals surface area contributed by atoms with Crippen molar-refractivity contribution in [2.45, 2.75) is 16.2 Å². The van der Waals surface area contributed by atoms with Gasteiger partial charge in [-0.1, -0.05) is 24.6 Å². The maximum atomic E-state index is 5.94. The third-order valence-corrected chi connectivity index (χ3v) is 3.83. The summed E-state index contributed by atoms with van der Waals surface area (Å²) in [5.41, 5.74) is 13.6. The van der Waals surface area contributed by atoms with Crippen LogP contribution in [-0.2, 0) is 0 Å². The van der Waals surface area contributed by atoms with Crippen LogP contribution >= 0.6 is 11.8 Å². The Balaban J connectivity index is 2.24. The number of rotatable bonds is 6. The van der Waals surface area contributed by atoms with Gasteiger partial charge in [-0.15, -0.1) is 6.42 Å². The molecule has 1 aromatic carbocycles. The van der Waals surface area contributed by atoms with Gasteiger partial charge < -0.3 is 27.1 Å². The zero-order chi connectivity index (χ0) is 16.1. The first-order valence-corrected chi connectivity index (χ1v) is 7.34. The topological polar surface area (TPSA) is 105 Å². The van der Waals surface area contributed by atoms with Gasteiger partial charge in [0, 0.05) is 17.6 Å². The SMILES string of the molecule is C#CC(N)NC(=C)c1[nH]c(Sc2ccccc2N)nc1NC. The molecule has 2 rings (SSSR count). The standard InChI is InChI=1S/C15H18N6S/c1-4-12(17)19-9(2)13-14(18-3)21-15(20-13)22-11-8-6-5-7-10(11)16/h1,5-8,12,18-19H,2,16-17H2,3H3,(H,20,21). The van der Waals surface area contributed by atoms with Crippen LogP contribution in [-0.4, -0.2) is 23.2 Å². The van der Waals surface area contributed by atoms with Crippen molar-refractivity contribution in [3.05, 3.63) is 36.5 Å². The zero-order valence-electron chi connectivity index (χ0n) is 12.2. The fourth-order valence-electron chi connectivity index (χ4n) is 1.78. The second-order valence-electron chi connectivity index (χ2n) is 4.42. The molecule has 0 aliphatic heterocycles. The normalized spacial score (nSPS) is 11.5. The number of nitrogens with one attached hydrogen (secondary N) is 3. The summed E-state index contributed by atoms with van der Waals surface area (Å²) in [6.07, 6.45) is 4.65. The second-order valence-corrected chi connectivity index (χ2v) is 5.45. The van der Waals surface area contributed by atoms with E-state index in [2.05, 4.69) is 33.1 Å². The Bertz CT molecular complexity index is 715. The number of anilines is 2. The summed E-state index contributed by atoms with van der Waals surface area (Å²) in [6, 6.07) is 7.59. The van der Waals surface area contributed by atoms with Crippen LogP contribution in [0.4, 0.5) is 11.5 Å². The smallest absolute Gasteiger partial charge is 0.173 e. The lowest BCUT2D eigenvalue weighted by atomic mass is 10.3. The Kier molecular flexibility index (Phi) is 4.99. The third-order valence-electron chi connectivity index (χ3n) is 2.86. The van der Waals surface area contributed by atoms with E-state index < -0.39 is 6.17 Å². The molecule has 0 aliphatic rings. The molecular formula is C15H18N6S. The van der Waals surface area contributed by atoms with Gasteiger partial charge in [0.25, 0.3) is 0 Å². The molecule has 7 heteroatoms. The Morgan fingerprint density at radius 2 is 2.23 bits per heavy atom. The molecule has 114 valence electrons. The Morgan fingerprint density at radius 3 is 2.86 bits per heavy atom. The molecule has 2 aromatic rings. The van der Waals surface area contributed by atoms with Gasteiger partial charge in [-0.3, -0.25) is 0 Å². The number of hydrogen-bond donors (Lipinski definition) is 5. The van der Waals surface area contributed by atoms with Gasteiger partial charge in [0.15, 0.2) is 11.0 Å². The van der Waals surface area contributed by atoms with Crippen LogP contribution < -0.4 is 22.1 Å². The predicted molar refractivity (Wildman–Crippen MR) is 92.1 cm³/mol. The number of hydrogen-bond acceptors (Lipinski definition) is 6. The lowest BCUT2D eigenvalue weighted by Gasteiger charge is -2.11. The van der Waals surface area contributed by atoms with Crippen molar-refractivity contribution >= 4 is 29.0 Å². The number of benzene rings is 1. The maximum Gasteiger partial charge on any atom is 0.173 e. The number of imidazole rings is 1. The largest absolute Gasteiger partial charge is 0.398 e. The molecule has 7 N–H and O–H groups in total. The number of nitrogen functional groups attached to an aromatic ring is 1. The number of H-pyrrole nitrogens is 1. The van der Waals surface area contributed by atoms with Crippen LogP contribution in [0.5, 0.6) is 0 Å². The van der Waals surface area contributed by atoms with Gasteiger partial charge in [0.05, 0.1) is 5.70 Å². The van der Waals surface area contributed by atoms with E-state index in [1.165, 1.54) is 11.8 Å². The lowest BCUT2D eigenvalue weighted by molar-refractivity contribution is 0.773. The summed E-state index contributed by atoms with van der Waals surface area (Å²) in [5.74, 6) is 3.04. The summed E-state index contributed by atoms with van der Waals surface area (Å²) in [6.45, 7) is 3.93. The number of nitrogens with zero attached hydrogens (tertiary/aromatic N) is 1. The maximum absolute atomic E-state index is 5.94. The third kappa shape index (κ3) is 3.55. The van der Waals surface area contributed by atoms with Crippen molar-refractivity contribution in [3.63, 3.8) is 0 Å². The molecule has 0 saturated heterocycles. The molecule has 1 heterocycles. The average molecular weight is 314 g/mol. The predicted octanol–water partition coefficient (Wildman–Crippen LogP) is 1.66. The molecular weight excluding hydrogens is 296 g/mol. The zero-order valence-corrected chi connectivity index (χ0v) is 13.0. The first-order chi connectivity index (χ1) is 10.5. The molecule has 1 unspecified atom stereocenters. The van der Waals surface area contributed by atoms with Gasteiger partial charge in [0.2, 0.25) is 0 Å². The Morgan fingerprint density at radius 1 is 1.50 bits per heavy atom. The van der Waals surface area contributed by atoms with Gasteiger partial charge in [-0.2, -0.15) is 0 Å². The van der Waals surface area contributed by atoms with E-state index in [0.717, 1.165) is 4.90 Å². The summed E-state index contributed by atoms with van der Waals surface area (Å²) in [5, 5.41) is 6.61. The minimum Gasteiger partial charge on any atom is -0.398 e. The van der Waals surface area contributed by atoms with Gasteiger partial charge in [0.1, 0.15) is 11.9 Å². The molecule has 6 nitrogen and oxygen atoms in total. The molecule has 0 amide bonds. The first kappa shape index (κ1) is 15.8. The molecule has 0 bridgehead atoms. The molecule has 1 atom stereocenters. The number of nitrogens with two attached hydrogens (primary N) is 2. The Hall–Kier alpha value is -2.56. The highest BCUT2D eigenvalue weighted by Crippen LogP contribution is 2.32. The first-order valence-electron chi connectivity index (χ1n) is 6.52. The Labute approximate surface area is 133 Å². The molecule has 0 radical (unpaired) electrons. The molecule has 0 aliphatic carbocycles. The highest BCUT2D eigenvalue weighted by atomic mass is 32.2. The number of aromatic nitrogens is 2. The number of aromatic amines is 1. The summed E-state index contributed by atoms with van der Waals surface area (Å²) < 4.78 is 0. The van der Waals surface area contributed by atoms with Crippen LogP contribution in [0.2, 0.25) is 0 Å². The fraction of sp³-hybridized carbons (Fsp3) is 0.133. The lowest BCUT2D eigenvalue weighted by Crippen LogP contribution is -2.34.